The average Bonchev–Trinajstić information content (AvgIpc) is 3.45. The number of aromatic nitrogens is 7. The lowest BCUT2D eigenvalue weighted by atomic mass is 10.2. The molecule has 1 aromatic carbocycles. The summed E-state index contributed by atoms with van der Waals surface area (Å²) in [5.74, 6) is 2.48. The summed E-state index contributed by atoms with van der Waals surface area (Å²) in [5.41, 5.74) is 2.68. The van der Waals surface area contributed by atoms with Crippen LogP contribution in [0, 0.1) is 6.92 Å². The third-order valence-corrected chi connectivity index (χ3v) is 4.48. The van der Waals surface area contributed by atoms with Crippen LogP contribution in [0.1, 0.15) is 5.69 Å². The van der Waals surface area contributed by atoms with Crippen LogP contribution in [0.5, 0.6) is 5.75 Å². The molecule has 0 saturated carbocycles. The van der Waals surface area contributed by atoms with E-state index in [9.17, 15) is 0 Å². The Hall–Kier alpha value is -4.34. The quantitative estimate of drug-likeness (QED) is 0.474. The fourth-order valence-electron chi connectivity index (χ4n) is 3.03. The number of hydrogen-bond acceptors (Lipinski definition) is 9. The molecule has 148 valence electrons. The van der Waals surface area contributed by atoms with Gasteiger partial charge < -0.3 is 14.5 Å². The summed E-state index contributed by atoms with van der Waals surface area (Å²) in [4.78, 5) is 13.2. The minimum Gasteiger partial charge on any atom is -0.495 e. The highest BCUT2D eigenvalue weighted by Crippen LogP contribution is 2.27. The molecule has 4 heterocycles. The Kier molecular flexibility index (Phi) is 4.28. The first kappa shape index (κ1) is 17.7. The number of hydrogen-bond donors (Lipinski definition) is 1. The molecular weight excluding hydrogens is 384 g/mol. The van der Waals surface area contributed by atoms with Crippen LogP contribution in [0.2, 0.25) is 0 Å². The van der Waals surface area contributed by atoms with Crippen LogP contribution in [0.3, 0.4) is 0 Å². The van der Waals surface area contributed by atoms with Crippen molar-refractivity contribution in [2.45, 2.75) is 6.92 Å². The van der Waals surface area contributed by atoms with Crippen LogP contribution >= 0.6 is 0 Å². The molecule has 0 amide bonds. The van der Waals surface area contributed by atoms with Gasteiger partial charge in [-0.15, -0.1) is 15.3 Å². The Bertz CT molecular complexity index is 1330. The second kappa shape index (κ2) is 7.24. The number of para-hydroxylation sites is 2. The van der Waals surface area contributed by atoms with Crippen LogP contribution in [-0.2, 0) is 0 Å². The molecule has 0 bridgehead atoms. The van der Waals surface area contributed by atoms with Gasteiger partial charge in [0.15, 0.2) is 5.76 Å². The van der Waals surface area contributed by atoms with E-state index in [1.165, 1.54) is 0 Å². The van der Waals surface area contributed by atoms with Crippen molar-refractivity contribution < 1.29 is 9.15 Å². The molecular formula is C20H16N8O2. The van der Waals surface area contributed by atoms with Crippen molar-refractivity contribution in [1.29, 1.82) is 0 Å². The van der Waals surface area contributed by atoms with Crippen molar-refractivity contribution in [3.63, 3.8) is 0 Å². The molecule has 4 aromatic heterocycles. The predicted octanol–water partition coefficient (Wildman–Crippen LogP) is 3.30. The number of benzene rings is 1. The number of anilines is 2. The Morgan fingerprint density at radius 3 is 2.77 bits per heavy atom. The lowest BCUT2D eigenvalue weighted by molar-refractivity contribution is 0.417. The first-order chi connectivity index (χ1) is 14.7. The molecule has 1 N–H and O–H groups in total. The van der Waals surface area contributed by atoms with Crippen molar-refractivity contribution in [2.75, 3.05) is 12.4 Å². The summed E-state index contributed by atoms with van der Waals surface area (Å²) < 4.78 is 12.4. The highest BCUT2D eigenvalue weighted by molar-refractivity contribution is 5.65. The third-order valence-electron chi connectivity index (χ3n) is 4.48. The molecule has 0 fully saturated rings. The van der Waals surface area contributed by atoms with Crippen molar-refractivity contribution in [1.82, 2.24) is 34.8 Å². The average molecular weight is 400 g/mol. The first-order valence-electron chi connectivity index (χ1n) is 9.10. The zero-order valence-electron chi connectivity index (χ0n) is 16.1. The van der Waals surface area contributed by atoms with Crippen LogP contribution < -0.4 is 10.1 Å². The van der Waals surface area contributed by atoms with E-state index in [4.69, 9.17) is 9.15 Å². The largest absolute Gasteiger partial charge is 0.495 e. The van der Waals surface area contributed by atoms with E-state index < -0.39 is 0 Å². The molecule has 5 aromatic rings. The van der Waals surface area contributed by atoms with Crippen LogP contribution in [-0.4, -0.2) is 41.9 Å². The Morgan fingerprint density at radius 1 is 1.03 bits per heavy atom. The fourth-order valence-corrected chi connectivity index (χ4v) is 3.03. The number of aryl methyl sites for hydroxylation is 1. The van der Waals surface area contributed by atoms with Crippen molar-refractivity contribution in [3.05, 3.63) is 60.6 Å². The van der Waals surface area contributed by atoms with E-state index in [2.05, 4.69) is 35.6 Å². The topological polar surface area (TPSA) is 116 Å². The maximum Gasteiger partial charge on any atom is 0.272 e. The highest BCUT2D eigenvalue weighted by atomic mass is 16.5. The molecule has 10 nitrogen and oxygen atoms in total. The third kappa shape index (κ3) is 3.09. The fraction of sp³-hybridized carbons (Fsp3) is 0.100. The lowest BCUT2D eigenvalue weighted by Crippen LogP contribution is -2.05. The summed E-state index contributed by atoms with van der Waals surface area (Å²) in [5, 5.41) is 16.2. The van der Waals surface area contributed by atoms with E-state index in [1.807, 2.05) is 31.2 Å². The minimum absolute atomic E-state index is 0.379. The number of rotatable bonds is 5. The maximum absolute atomic E-state index is 5.37. The summed E-state index contributed by atoms with van der Waals surface area (Å²) in [7, 11) is 1.61. The van der Waals surface area contributed by atoms with Gasteiger partial charge in [-0.3, -0.25) is 0 Å². The Balaban J connectivity index is 1.52. The first-order valence-corrected chi connectivity index (χ1v) is 9.10. The summed E-state index contributed by atoms with van der Waals surface area (Å²) in [6.45, 7) is 1.88. The molecule has 0 saturated heterocycles. The van der Waals surface area contributed by atoms with Gasteiger partial charge in [0.1, 0.15) is 11.4 Å². The number of nitrogens with zero attached hydrogens (tertiary/aromatic N) is 7. The number of methoxy groups -OCH3 is 1. The SMILES string of the molecule is COc1ccccc1Nc1nccc(-c2nnc3nc(-c4ccco4)nn3c2C)n1. The Labute approximate surface area is 170 Å². The lowest BCUT2D eigenvalue weighted by Gasteiger charge is -2.10. The van der Waals surface area contributed by atoms with Gasteiger partial charge in [-0.05, 0) is 37.3 Å². The highest BCUT2D eigenvalue weighted by Gasteiger charge is 2.16. The molecule has 10 heteroatoms. The number of furan rings is 1. The van der Waals surface area contributed by atoms with E-state index in [0.29, 0.717) is 40.4 Å². The van der Waals surface area contributed by atoms with E-state index >= 15 is 0 Å². The van der Waals surface area contributed by atoms with Crippen LogP contribution in [0.4, 0.5) is 11.6 Å². The van der Waals surface area contributed by atoms with Crippen LogP contribution in [0.25, 0.3) is 28.8 Å². The Morgan fingerprint density at radius 2 is 1.93 bits per heavy atom. The van der Waals surface area contributed by atoms with Crippen LogP contribution in [0.15, 0.2) is 59.3 Å². The molecule has 0 unspecified atom stereocenters. The molecule has 0 radical (unpaired) electrons. The summed E-state index contributed by atoms with van der Waals surface area (Å²) in [6, 6.07) is 12.9. The zero-order chi connectivity index (χ0) is 20.5. The van der Waals surface area contributed by atoms with Crippen molar-refractivity contribution in [2.24, 2.45) is 0 Å². The van der Waals surface area contributed by atoms with E-state index in [-0.39, 0.29) is 0 Å². The van der Waals surface area contributed by atoms with Crippen molar-refractivity contribution in [3.8, 4) is 28.7 Å². The van der Waals surface area contributed by atoms with Gasteiger partial charge in [-0.25, -0.2) is 9.97 Å². The number of nitrogens with one attached hydrogen (secondary N) is 1. The van der Waals surface area contributed by atoms with E-state index in [1.54, 1.807) is 42.3 Å². The number of ether oxygens (including phenoxy) is 1. The molecule has 0 aliphatic rings. The van der Waals surface area contributed by atoms with Gasteiger partial charge in [-0.1, -0.05) is 12.1 Å². The predicted molar refractivity (Wildman–Crippen MR) is 108 cm³/mol. The van der Waals surface area contributed by atoms with Gasteiger partial charge in [0, 0.05) is 6.20 Å². The van der Waals surface area contributed by atoms with Gasteiger partial charge in [-0.2, -0.15) is 9.50 Å². The number of fused-ring (bicyclic) bond motifs is 1. The molecule has 30 heavy (non-hydrogen) atoms. The van der Waals surface area contributed by atoms with Gasteiger partial charge in [0.05, 0.1) is 30.4 Å². The normalized spacial score (nSPS) is 11.0. The maximum atomic E-state index is 5.37. The standard InChI is InChI=1S/C20H16N8O2/c1-12-17(25-26-20-24-18(27-28(12)20)16-8-5-11-30-16)14-9-10-21-19(23-14)22-13-6-3-4-7-15(13)29-2/h3-11H,1-2H3,(H,21,22,23). The zero-order valence-corrected chi connectivity index (χ0v) is 16.1. The second-order valence-corrected chi connectivity index (χ2v) is 6.35. The molecule has 5 rings (SSSR count). The molecule has 0 aliphatic heterocycles. The second-order valence-electron chi connectivity index (χ2n) is 6.35. The smallest absolute Gasteiger partial charge is 0.272 e. The van der Waals surface area contributed by atoms with Gasteiger partial charge in [0.2, 0.25) is 11.8 Å². The molecule has 0 atom stereocenters. The molecule has 0 spiro atoms. The molecule has 0 aliphatic carbocycles. The minimum atomic E-state index is 0.379. The van der Waals surface area contributed by atoms with Gasteiger partial charge in [0.25, 0.3) is 5.78 Å². The van der Waals surface area contributed by atoms with Gasteiger partial charge >= 0.3 is 0 Å². The van der Waals surface area contributed by atoms with Crippen molar-refractivity contribution >= 4 is 17.4 Å². The summed E-state index contributed by atoms with van der Waals surface area (Å²) >= 11 is 0. The monoisotopic (exact) mass is 400 g/mol. The summed E-state index contributed by atoms with van der Waals surface area (Å²) in [6.07, 6.45) is 3.23. The van der Waals surface area contributed by atoms with E-state index in [0.717, 1.165) is 11.4 Å².